The fraction of sp³-hybridized carbons (Fsp3) is 0.0526. The molecule has 0 spiro atoms. The van der Waals surface area contributed by atoms with E-state index < -0.39 is 0 Å². The highest BCUT2D eigenvalue weighted by Gasteiger charge is 2.13. The largest absolute Gasteiger partial charge is 0.496 e. The van der Waals surface area contributed by atoms with Crippen molar-refractivity contribution in [3.63, 3.8) is 0 Å². The second-order valence-electron chi connectivity index (χ2n) is 5.38. The average molecular weight is 349 g/mol. The zero-order valence-electron chi connectivity index (χ0n) is 13.5. The number of methoxy groups -OCH3 is 1. The number of benzene rings is 2. The van der Waals surface area contributed by atoms with Gasteiger partial charge in [-0.3, -0.25) is 0 Å². The second kappa shape index (κ2) is 6.49. The van der Waals surface area contributed by atoms with E-state index in [9.17, 15) is 5.11 Å². The van der Waals surface area contributed by atoms with Crippen molar-refractivity contribution in [2.24, 2.45) is 0 Å². The maximum absolute atomic E-state index is 9.87. The molecule has 1 N–H and O–H groups in total. The first-order valence-electron chi connectivity index (χ1n) is 7.69. The Kier molecular flexibility index (Phi) is 4.03. The van der Waals surface area contributed by atoms with E-state index in [0.717, 1.165) is 26.7 Å². The van der Waals surface area contributed by atoms with E-state index in [0.29, 0.717) is 5.65 Å². The third kappa shape index (κ3) is 2.92. The molecule has 4 aromatic rings. The molecule has 0 radical (unpaired) electrons. The fourth-order valence-corrected chi connectivity index (χ4v) is 3.54. The Balaban J connectivity index is 1.75. The molecule has 0 aliphatic heterocycles. The highest BCUT2D eigenvalue weighted by molar-refractivity contribution is 7.99. The zero-order valence-corrected chi connectivity index (χ0v) is 14.3. The molecule has 25 heavy (non-hydrogen) atoms. The maximum Gasteiger partial charge on any atom is 0.215 e. The lowest BCUT2D eigenvalue weighted by atomic mass is 10.1. The van der Waals surface area contributed by atoms with Gasteiger partial charge in [-0.2, -0.15) is 9.61 Å². The number of hydrogen-bond donors (Lipinski definition) is 1. The molecule has 2 aromatic carbocycles. The summed E-state index contributed by atoms with van der Waals surface area (Å²) in [6.07, 6.45) is 3.26. The van der Waals surface area contributed by atoms with E-state index in [2.05, 4.69) is 22.2 Å². The van der Waals surface area contributed by atoms with E-state index in [1.165, 1.54) is 10.6 Å². The lowest BCUT2D eigenvalue weighted by molar-refractivity contribution is 0.405. The average Bonchev–Trinajstić information content (AvgIpc) is 3.08. The van der Waals surface area contributed by atoms with E-state index in [1.807, 2.05) is 36.4 Å². The van der Waals surface area contributed by atoms with Crippen molar-refractivity contribution in [2.75, 3.05) is 7.11 Å². The monoisotopic (exact) mass is 349 g/mol. The zero-order chi connectivity index (χ0) is 17.2. The molecule has 0 amide bonds. The number of fused-ring (bicyclic) bond motifs is 1. The van der Waals surface area contributed by atoms with Crippen molar-refractivity contribution in [2.45, 2.75) is 9.79 Å². The van der Waals surface area contributed by atoms with Crippen LogP contribution < -0.4 is 4.74 Å². The SMILES string of the molecule is COc1cc(-c2cnn3c(O)ccnc23)ccc1Sc1ccccc1. The van der Waals surface area contributed by atoms with Crippen molar-refractivity contribution >= 4 is 17.4 Å². The fourth-order valence-electron chi connectivity index (χ4n) is 2.62. The molecular formula is C19H15N3O2S. The van der Waals surface area contributed by atoms with E-state index in [-0.39, 0.29) is 5.88 Å². The van der Waals surface area contributed by atoms with Crippen LogP contribution in [0.25, 0.3) is 16.8 Å². The van der Waals surface area contributed by atoms with Crippen LogP contribution in [-0.4, -0.2) is 26.8 Å². The topological polar surface area (TPSA) is 59.7 Å². The van der Waals surface area contributed by atoms with Crippen LogP contribution >= 0.6 is 11.8 Å². The lowest BCUT2D eigenvalue weighted by Crippen LogP contribution is -1.91. The summed E-state index contributed by atoms with van der Waals surface area (Å²) in [6.45, 7) is 0. The van der Waals surface area contributed by atoms with E-state index in [4.69, 9.17) is 4.74 Å². The van der Waals surface area contributed by atoms with Crippen LogP contribution in [0.1, 0.15) is 0 Å². The minimum atomic E-state index is 0.0551. The normalized spacial score (nSPS) is 10.9. The van der Waals surface area contributed by atoms with Gasteiger partial charge < -0.3 is 9.84 Å². The lowest BCUT2D eigenvalue weighted by Gasteiger charge is -2.10. The number of rotatable bonds is 4. The van der Waals surface area contributed by atoms with E-state index >= 15 is 0 Å². The Morgan fingerprint density at radius 1 is 1.08 bits per heavy atom. The molecule has 2 aromatic heterocycles. The number of aromatic hydroxyl groups is 1. The van der Waals surface area contributed by atoms with Gasteiger partial charge in [-0.05, 0) is 29.8 Å². The summed E-state index contributed by atoms with van der Waals surface area (Å²) in [4.78, 5) is 6.50. The molecular weight excluding hydrogens is 334 g/mol. The Morgan fingerprint density at radius 2 is 1.92 bits per heavy atom. The summed E-state index contributed by atoms with van der Waals surface area (Å²) in [6, 6.07) is 17.7. The van der Waals surface area contributed by atoms with Crippen LogP contribution in [0.3, 0.4) is 0 Å². The Labute approximate surface area is 148 Å². The van der Waals surface area contributed by atoms with Crippen molar-refractivity contribution in [1.29, 1.82) is 0 Å². The maximum atomic E-state index is 9.87. The Bertz CT molecular complexity index is 1030. The van der Waals surface area contributed by atoms with Crippen LogP contribution in [-0.2, 0) is 0 Å². The smallest absolute Gasteiger partial charge is 0.215 e. The molecule has 2 heterocycles. The van der Waals surface area contributed by atoms with Gasteiger partial charge in [-0.25, -0.2) is 4.98 Å². The minimum Gasteiger partial charge on any atom is -0.496 e. The number of ether oxygens (including phenoxy) is 1. The summed E-state index contributed by atoms with van der Waals surface area (Å²) >= 11 is 1.65. The van der Waals surface area contributed by atoms with Crippen LogP contribution in [0.4, 0.5) is 0 Å². The van der Waals surface area contributed by atoms with Crippen molar-refractivity contribution in [3.05, 3.63) is 67.0 Å². The standard InChI is InChI=1S/C19H15N3O2S/c1-24-16-11-13(7-8-17(16)25-14-5-3-2-4-6-14)15-12-21-22-18(23)9-10-20-19(15)22/h2-12,23H,1H3. The first-order valence-corrected chi connectivity index (χ1v) is 8.51. The van der Waals surface area contributed by atoms with Gasteiger partial charge in [0.05, 0.1) is 18.2 Å². The molecule has 5 nitrogen and oxygen atoms in total. The summed E-state index contributed by atoms with van der Waals surface area (Å²) in [5, 5.41) is 14.1. The Hall–Kier alpha value is -2.99. The van der Waals surface area contributed by atoms with E-state index in [1.54, 1.807) is 31.3 Å². The molecule has 0 saturated heterocycles. The molecule has 124 valence electrons. The molecule has 0 aliphatic rings. The molecule has 0 atom stereocenters. The van der Waals surface area contributed by atoms with Crippen LogP contribution in [0.15, 0.2) is 76.8 Å². The molecule has 0 bridgehead atoms. The third-order valence-corrected chi connectivity index (χ3v) is 4.89. The van der Waals surface area contributed by atoms with Gasteiger partial charge in [0, 0.05) is 22.7 Å². The summed E-state index contributed by atoms with van der Waals surface area (Å²) in [7, 11) is 1.66. The van der Waals surface area contributed by atoms with Gasteiger partial charge in [0.2, 0.25) is 5.88 Å². The predicted molar refractivity (Wildman–Crippen MR) is 97.2 cm³/mol. The van der Waals surface area contributed by atoms with Crippen molar-refractivity contribution in [3.8, 4) is 22.8 Å². The minimum absolute atomic E-state index is 0.0551. The highest BCUT2D eigenvalue weighted by atomic mass is 32.2. The molecule has 0 unspecified atom stereocenters. The highest BCUT2D eigenvalue weighted by Crippen LogP contribution is 2.38. The van der Waals surface area contributed by atoms with Crippen LogP contribution in [0.5, 0.6) is 11.6 Å². The van der Waals surface area contributed by atoms with Gasteiger partial charge in [-0.1, -0.05) is 36.0 Å². The molecule has 4 rings (SSSR count). The quantitative estimate of drug-likeness (QED) is 0.596. The van der Waals surface area contributed by atoms with Crippen molar-refractivity contribution < 1.29 is 9.84 Å². The number of aromatic nitrogens is 3. The van der Waals surface area contributed by atoms with Crippen LogP contribution in [0.2, 0.25) is 0 Å². The van der Waals surface area contributed by atoms with Crippen LogP contribution in [0, 0.1) is 0 Å². The van der Waals surface area contributed by atoms with Crippen molar-refractivity contribution in [1.82, 2.24) is 14.6 Å². The van der Waals surface area contributed by atoms with Gasteiger partial charge in [0.15, 0.2) is 5.65 Å². The first kappa shape index (κ1) is 15.5. The van der Waals surface area contributed by atoms with Gasteiger partial charge >= 0.3 is 0 Å². The van der Waals surface area contributed by atoms with Gasteiger partial charge in [0.1, 0.15) is 5.75 Å². The summed E-state index contributed by atoms with van der Waals surface area (Å²) < 4.78 is 6.99. The number of hydrogen-bond acceptors (Lipinski definition) is 5. The molecule has 6 heteroatoms. The summed E-state index contributed by atoms with van der Waals surface area (Å²) in [5.41, 5.74) is 2.37. The summed E-state index contributed by atoms with van der Waals surface area (Å²) in [5.74, 6) is 0.838. The second-order valence-corrected chi connectivity index (χ2v) is 6.49. The molecule has 0 aliphatic carbocycles. The Morgan fingerprint density at radius 3 is 2.72 bits per heavy atom. The molecule has 0 fully saturated rings. The predicted octanol–water partition coefficient (Wildman–Crippen LogP) is 4.26. The molecule has 0 saturated carbocycles. The number of nitrogens with zero attached hydrogens (tertiary/aromatic N) is 3. The first-order chi connectivity index (χ1) is 12.3. The van der Waals surface area contributed by atoms with Gasteiger partial charge in [0.25, 0.3) is 0 Å². The third-order valence-electron chi connectivity index (χ3n) is 3.83. The van der Waals surface area contributed by atoms with Gasteiger partial charge in [-0.15, -0.1) is 0 Å².